The summed E-state index contributed by atoms with van der Waals surface area (Å²) < 4.78 is 19.5. The summed E-state index contributed by atoms with van der Waals surface area (Å²) >= 11 is 1.24. The zero-order chi connectivity index (χ0) is 16.8. The van der Waals surface area contributed by atoms with Crippen LogP contribution < -0.4 is 5.56 Å². The van der Waals surface area contributed by atoms with E-state index in [1.165, 1.54) is 17.8 Å². The molecule has 0 amide bonds. The molecule has 2 rings (SSSR count). The summed E-state index contributed by atoms with van der Waals surface area (Å²) in [5.74, 6) is -0.449. The Balaban J connectivity index is 2.43. The van der Waals surface area contributed by atoms with Crippen LogP contribution in [0.5, 0.6) is 0 Å². The number of hydrogen-bond acceptors (Lipinski definition) is 5. The zero-order valence-electron chi connectivity index (χ0n) is 12.9. The quantitative estimate of drug-likeness (QED) is 0.499. The van der Waals surface area contributed by atoms with E-state index in [0.717, 1.165) is 6.42 Å². The van der Waals surface area contributed by atoms with Gasteiger partial charge in [0.2, 0.25) is 0 Å². The highest BCUT2D eigenvalue weighted by atomic mass is 32.2. The fourth-order valence-electron chi connectivity index (χ4n) is 2.00. The maximum absolute atomic E-state index is 14.2. The summed E-state index contributed by atoms with van der Waals surface area (Å²) in [5, 5.41) is 9.54. The highest BCUT2D eigenvalue weighted by molar-refractivity contribution is 7.98. The van der Waals surface area contributed by atoms with E-state index in [4.69, 9.17) is 10.00 Å². The van der Waals surface area contributed by atoms with Crippen molar-refractivity contribution in [2.75, 3.05) is 12.9 Å². The van der Waals surface area contributed by atoms with Crippen molar-refractivity contribution in [3.05, 3.63) is 45.5 Å². The van der Waals surface area contributed by atoms with Crippen molar-refractivity contribution in [2.45, 2.75) is 25.1 Å². The van der Waals surface area contributed by atoms with Gasteiger partial charge >= 0.3 is 0 Å². The molecule has 0 fully saturated rings. The molecule has 23 heavy (non-hydrogen) atoms. The number of H-pyrrole nitrogens is 1. The minimum atomic E-state index is -0.530. The van der Waals surface area contributed by atoms with Crippen molar-refractivity contribution < 1.29 is 9.13 Å². The van der Waals surface area contributed by atoms with Crippen LogP contribution in [0.25, 0.3) is 11.3 Å². The number of nitriles is 1. The van der Waals surface area contributed by atoms with E-state index in [0.29, 0.717) is 22.9 Å². The Kier molecular flexibility index (Phi) is 5.90. The highest BCUT2D eigenvalue weighted by Crippen LogP contribution is 2.23. The predicted molar refractivity (Wildman–Crippen MR) is 86.7 cm³/mol. The van der Waals surface area contributed by atoms with Gasteiger partial charge in [0.05, 0.1) is 12.3 Å². The lowest BCUT2D eigenvalue weighted by molar-refractivity contribution is 0.119. The molecule has 5 nitrogen and oxygen atoms in total. The average Bonchev–Trinajstić information content (AvgIpc) is 2.55. The molecule has 1 N–H and O–H groups in total. The highest BCUT2D eigenvalue weighted by Gasteiger charge is 2.15. The van der Waals surface area contributed by atoms with Crippen LogP contribution >= 0.6 is 11.8 Å². The number of thioether (sulfide) groups is 1. The Morgan fingerprint density at radius 2 is 2.26 bits per heavy atom. The van der Waals surface area contributed by atoms with E-state index >= 15 is 0 Å². The van der Waals surface area contributed by atoms with Crippen LogP contribution in [0.2, 0.25) is 0 Å². The number of hydrogen-bond donors (Lipinski definition) is 1. The van der Waals surface area contributed by atoms with Gasteiger partial charge in [-0.2, -0.15) is 5.26 Å². The van der Waals surface area contributed by atoms with E-state index in [1.807, 2.05) is 13.0 Å². The average molecular weight is 333 g/mol. The molecule has 0 saturated heterocycles. The molecule has 0 aliphatic heterocycles. The standard InChI is InChI=1S/C16H16FN3O2S/c1-3-6-22-9-11-5-4-10(7-13(11)17)14-12(8-18)15(21)20-16(19-14)23-2/h4-5,7H,3,6,9H2,1-2H3,(H,19,20,21). The van der Waals surface area contributed by atoms with E-state index in [-0.39, 0.29) is 17.9 Å². The lowest BCUT2D eigenvalue weighted by Crippen LogP contribution is -2.14. The fraction of sp³-hybridized carbons (Fsp3) is 0.312. The summed E-state index contributed by atoms with van der Waals surface area (Å²) in [6.07, 6.45) is 2.61. The molecule has 0 unspecified atom stereocenters. The lowest BCUT2D eigenvalue weighted by atomic mass is 10.1. The van der Waals surface area contributed by atoms with Crippen LogP contribution in [0, 0.1) is 17.1 Å². The second-order valence-corrected chi connectivity index (χ2v) is 5.56. The molecule has 1 heterocycles. The van der Waals surface area contributed by atoms with Crippen molar-refractivity contribution in [2.24, 2.45) is 0 Å². The number of nitrogens with zero attached hydrogens (tertiary/aromatic N) is 2. The largest absolute Gasteiger partial charge is 0.377 e. The zero-order valence-corrected chi connectivity index (χ0v) is 13.7. The van der Waals surface area contributed by atoms with Gasteiger partial charge in [-0.1, -0.05) is 30.8 Å². The molecule has 0 atom stereocenters. The third-order valence-electron chi connectivity index (χ3n) is 3.14. The number of aromatic nitrogens is 2. The first-order valence-electron chi connectivity index (χ1n) is 7.05. The predicted octanol–water partition coefficient (Wildman–Crippen LogP) is 3.10. The molecule has 0 spiro atoms. The summed E-state index contributed by atoms with van der Waals surface area (Å²) in [4.78, 5) is 18.6. The number of benzene rings is 1. The van der Waals surface area contributed by atoms with Gasteiger partial charge < -0.3 is 9.72 Å². The van der Waals surface area contributed by atoms with Crippen LogP contribution in [0.1, 0.15) is 24.5 Å². The Bertz CT molecular complexity index is 799. The van der Waals surface area contributed by atoms with E-state index < -0.39 is 11.4 Å². The summed E-state index contributed by atoms with van der Waals surface area (Å²) in [6, 6.07) is 6.33. The summed E-state index contributed by atoms with van der Waals surface area (Å²) in [7, 11) is 0. The Morgan fingerprint density at radius 1 is 1.48 bits per heavy atom. The number of aromatic amines is 1. The Morgan fingerprint density at radius 3 is 2.87 bits per heavy atom. The monoisotopic (exact) mass is 333 g/mol. The van der Waals surface area contributed by atoms with Gasteiger partial charge in [-0.05, 0) is 18.7 Å². The smallest absolute Gasteiger partial charge is 0.270 e. The normalized spacial score (nSPS) is 10.5. The topological polar surface area (TPSA) is 78.8 Å². The molecular formula is C16H16FN3O2S. The summed E-state index contributed by atoms with van der Waals surface area (Å²) in [5.41, 5.74) is 0.339. The molecule has 120 valence electrons. The van der Waals surface area contributed by atoms with E-state index in [1.54, 1.807) is 18.4 Å². The lowest BCUT2D eigenvalue weighted by Gasteiger charge is -2.08. The van der Waals surface area contributed by atoms with E-state index in [9.17, 15) is 9.18 Å². The molecule has 2 aromatic rings. The molecule has 7 heteroatoms. The van der Waals surface area contributed by atoms with Crippen LogP contribution in [-0.2, 0) is 11.3 Å². The number of rotatable bonds is 6. The first-order chi connectivity index (χ1) is 11.1. The van der Waals surface area contributed by atoms with Gasteiger partial charge in [0.1, 0.15) is 17.4 Å². The van der Waals surface area contributed by atoms with Gasteiger partial charge in [-0.15, -0.1) is 0 Å². The molecule has 0 bridgehead atoms. The maximum Gasteiger partial charge on any atom is 0.270 e. The van der Waals surface area contributed by atoms with Crippen molar-refractivity contribution in [3.63, 3.8) is 0 Å². The molecule has 0 aliphatic rings. The second-order valence-electron chi connectivity index (χ2n) is 4.77. The van der Waals surface area contributed by atoms with Crippen LogP contribution in [0.3, 0.4) is 0 Å². The molecule has 0 radical (unpaired) electrons. The first kappa shape index (κ1) is 17.2. The van der Waals surface area contributed by atoms with Crippen molar-refractivity contribution in [1.29, 1.82) is 5.26 Å². The second kappa shape index (κ2) is 7.90. The van der Waals surface area contributed by atoms with Gasteiger partial charge in [0.25, 0.3) is 5.56 Å². The Labute approximate surface area is 137 Å². The van der Waals surface area contributed by atoms with Crippen molar-refractivity contribution in [1.82, 2.24) is 9.97 Å². The Hall–Kier alpha value is -2.17. The maximum atomic E-state index is 14.2. The first-order valence-corrected chi connectivity index (χ1v) is 8.28. The van der Waals surface area contributed by atoms with Crippen LogP contribution in [0.15, 0.2) is 28.2 Å². The molecule has 1 aromatic heterocycles. The molecule has 1 aromatic carbocycles. The fourth-order valence-corrected chi connectivity index (χ4v) is 2.38. The van der Waals surface area contributed by atoms with Crippen LogP contribution in [0.4, 0.5) is 4.39 Å². The number of ether oxygens (including phenoxy) is 1. The van der Waals surface area contributed by atoms with Crippen molar-refractivity contribution >= 4 is 11.8 Å². The SMILES string of the molecule is CCCOCc1ccc(-c2nc(SC)[nH]c(=O)c2C#N)cc1F. The minimum Gasteiger partial charge on any atom is -0.377 e. The minimum absolute atomic E-state index is 0.128. The third-order valence-corrected chi connectivity index (χ3v) is 3.72. The molecule has 0 saturated carbocycles. The number of nitrogens with one attached hydrogen (secondary N) is 1. The summed E-state index contributed by atoms with van der Waals surface area (Å²) in [6.45, 7) is 2.72. The molecular weight excluding hydrogens is 317 g/mol. The van der Waals surface area contributed by atoms with Gasteiger partial charge in [0, 0.05) is 17.7 Å². The van der Waals surface area contributed by atoms with Gasteiger partial charge in [0.15, 0.2) is 5.16 Å². The van der Waals surface area contributed by atoms with Gasteiger partial charge in [-0.3, -0.25) is 4.79 Å². The van der Waals surface area contributed by atoms with Crippen molar-refractivity contribution in [3.8, 4) is 17.3 Å². The van der Waals surface area contributed by atoms with Crippen LogP contribution in [-0.4, -0.2) is 22.8 Å². The molecule has 0 aliphatic carbocycles. The third kappa shape index (κ3) is 3.97. The van der Waals surface area contributed by atoms with Gasteiger partial charge in [-0.25, -0.2) is 9.37 Å². The van der Waals surface area contributed by atoms with E-state index in [2.05, 4.69) is 9.97 Å². The number of halogens is 1.